The number of nitrogens with one attached hydrogen (secondary N) is 1. The number of benzene rings is 2. The average Bonchev–Trinajstić information content (AvgIpc) is 3.14. The van der Waals surface area contributed by atoms with Crippen molar-refractivity contribution in [3.63, 3.8) is 0 Å². The van der Waals surface area contributed by atoms with Gasteiger partial charge in [0.15, 0.2) is 0 Å². The zero-order valence-corrected chi connectivity index (χ0v) is 18.1. The molecule has 2 saturated heterocycles. The lowest BCUT2D eigenvalue weighted by Crippen LogP contribution is -2.46. The molecule has 2 heterocycles. The Bertz CT molecular complexity index is 984. The molecule has 164 valence electrons. The normalized spacial score (nSPS) is 20.7. The number of ether oxygens (including phenoxy) is 1. The number of carbonyl (C=O) groups excluding carboxylic acids is 2. The molecule has 0 spiro atoms. The van der Waals surface area contributed by atoms with Crippen molar-refractivity contribution in [2.75, 3.05) is 31.2 Å². The number of nitrogens with zero attached hydrogens (tertiary/aromatic N) is 1. The fraction of sp³-hybridized carbons (Fsp3) is 0.440. The maximum absolute atomic E-state index is 13.9. The van der Waals surface area contributed by atoms with E-state index in [1.807, 2.05) is 38.1 Å². The quantitative estimate of drug-likeness (QED) is 0.797. The molecule has 0 saturated carbocycles. The van der Waals surface area contributed by atoms with E-state index in [2.05, 4.69) is 5.32 Å². The van der Waals surface area contributed by atoms with Gasteiger partial charge in [-0.1, -0.05) is 29.8 Å². The van der Waals surface area contributed by atoms with Crippen LogP contribution in [0, 0.1) is 25.6 Å². The van der Waals surface area contributed by atoms with E-state index in [9.17, 15) is 14.0 Å². The van der Waals surface area contributed by atoms with E-state index in [4.69, 9.17) is 4.74 Å². The van der Waals surface area contributed by atoms with Crippen molar-refractivity contribution in [3.05, 3.63) is 65.0 Å². The van der Waals surface area contributed by atoms with E-state index in [-0.39, 0.29) is 29.5 Å². The predicted molar refractivity (Wildman–Crippen MR) is 118 cm³/mol. The first-order chi connectivity index (χ1) is 14.9. The smallest absolute Gasteiger partial charge is 0.227 e. The molecule has 2 aromatic carbocycles. The van der Waals surface area contributed by atoms with Crippen LogP contribution in [0.4, 0.5) is 10.1 Å². The monoisotopic (exact) mass is 424 g/mol. The minimum Gasteiger partial charge on any atom is -0.381 e. The first-order valence-corrected chi connectivity index (χ1v) is 10.9. The van der Waals surface area contributed by atoms with Gasteiger partial charge < -0.3 is 15.0 Å². The molecule has 5 nitrogen and oxygen atoms in total. The van der Waals surface area contributed by atoms with Crippen molar-refractivity contribution in [2.24, 2.45) is 5.92 Å². The van der Waals surface area contributed by atoms with Crippen LogP contribution in [0.5, 0.6) is 0 Å². The second-order valence-electron chi connectivity index (χ2n) is 8.82. The van der Waals surface area contributed by atoms with Crippen LogP contribution in [0.15, 0.2) is 42.5 Å². The second kappa shape index (κ2) is 8.79. The minimum atomic E-state index is -0.391. The topological polar surface area (TPSA) is 58.6 Å². The Hall–Kier alpha value is -2.73. The zero-order valence-electron chi connectivity index (χ0n) is 18.1. The van der Waals surface area contributed by atoms with Crippen LogP contribution in [-0.4, -0.2) is 38.1 Å². The van der Waals surface area contributed by atoms with E-state index >= 15 is 0 Å². The van der Waals surface area contributed by atoms with Gasteiger partial charge in [0.05, 0.1) is 5.92 Å². The van der Waals surface area contributed by atoms with Gasteiger partial charge in [-0.2, -0.15) is 0 Å². The summed E-state index contributed by atoms with van der Waals surface area (Å²) in [4.78, 5) is 27.4. The van der Waals surface area contributed by atoms with Gasteiger partial charge in [0.25, 0.3) is 0 Å². The van der Waals surface area contributed by atoms with Crippen molar-refractivity contribution in [3.8, 4) is 0 Å². The molecule has 4 rings (SSSR count). The van der Waals surface area contributed by atoms with Crippen molar-refractivity contribution in [1.29, 1.82) is 0 Å². The van der Waals surface area contributed by atoms with Crippen molar-refractivity contribution < 1.29 is 18.7 Å². The van der Waals surface area contributed by atoms with Crippen LogP contribution in [0.2, 0.25) is 0 Å². The zero-order chi connectivity index (χ0) is 22.0. The Kier molecular flexibility index (Phi) is 6.10. The standard InChI is InChI=1S/C25H29FN2O3/c1-17-6-7-22(18(2)12-17)28-15-19(13-23(28)29)24(30)27-16-25(8-10-31-11-9-25)20-4-3-5-21(26)14-20/h3-7,12,14,19H,8-11,13,15-16H2,1-2H3,(H,27,30)/t19-/m0/s1. The third kappa shape index (κ3) is 4.49. The third-order valence-electron chi connectivity index (χ3n) is 6.63. The van der Waals surface area contributed by atoms with Crippen LogP contribution in [0.25, 0.3) is 0 Å². The van der Waals surface area contributed by atoms with Gasteiger partial charge in [0, 0.05) is 43.8 Å². The summed E-state index contributed by atoms with van der Waals surface area (Å²) in [6, 6.07) is 12.6. The van der Waals surface area contributed by atoms with Gasteiger partial charge in [0.2, 0.25) is 11.8 Å². The highest BCUT2D eigenvalue weighted by molar-refractivity contribution is 6.00. The molecule has 31 heavy (non-hydrogen) atoms. The number of rotatable bonds is 5. The van der Waals surface area contributed by atoms with Crippen molar-refractivity contribution >= 4 is 17.5 Å². The Morgan fingerprint density at radius 2 is 1.97 bits per heavy atom. The number of carbonyl (C=O) groups is 2. The summed E-state index contributed by atoms with van der Waals surface area (Å²) in [7, 11) is 0. The molecule has 0 radical (unpaired) electrons. The molecule has 2 fully saturated rings. The molecule has 0 aliphatic carbocycles. The van der Waals surface area contributed by atoms with Crippen molar-refractivity contribution in [1.82, 2.24) is 5.32 Å². The highest BCUT2D eigenvalue weighted by atomic mass is 19.1. The molecule has 0 aromatic heterocycles. The van der Waals surface area contributed by atoms with Crippen LogP contribution in [0.3, 0.4) is 0 Å². The summed E-state index contributed by atoms with van der Waals surface area (Å²) in [5, 5.41) is 3.07. The molecule has 2 aliphatic heterocycles. The maximum Gasteiger partial charge on any atom is 0.227 e. The van der Waals surface area contributed by atoms with E-state index in [0.717, 1.165) is 35.2 Å². The van der Waals surface area contributed by atoms with Gasteiger partial charge >= 0.3 is 0 Å². The second-order valence-corrected chi connectivity index (χ2v) is 8.82. The van der Waals surface area contributed by atoms with Crippen LogP contribution >= 0.6 is 0 Å². The van der Waals surface area contributed by atoms with Gasteiger partial charge in [-0.3, -0.25) is 9.59 Å². The summed E-state index contributed by atoms with van der Waals surface area (Å²) >= 11 is 0. The summed E-state index contributed by atoms with van der Waals surface area (Å²) < 4.78 is 19.4. The number of hydrogen-bond acceptors (Lipinski definition) is 3. The van der Waals surface area contributed by atoms with Gasteiger partial charge in [0.1, 0.15) is 5.82 Å². The first kappa shape index (κ1) is 21.5. The van der Waals surface area contributed by atoms with Gasteiger partial charge in [-0.25, -0.2) is 4.39 Å². The molecular formula is C25H29FN2O3. The predicted octanol–water partition coefficient (Wildman–Crippen LogP) is 3.66. The average molecular weight is 425 g/mol. The molecular weight excluding hydrogens is 395 g/mol. The SMILES string of the molecule is Cc1ccc(N2C[C@@H](C(=O)NCC3(c4cccc(F)c4)CCOCC3)CC2=O)c(C)c1. The fourth-order valence-electron chi connectivity index (χ4n) is 4.77. The molecule has 1 atom stereocenters. The lowest BCUT2D eigenvalue weighted by atomic mass is 9.74. The Morgan fingerprint density at radius 1 is 1.19 bits per heavy atom. The molecule has 2 aliphatic rings. The summed E-state index contributed by atoms with van der Waals surface area (Å²) in [5.74, 6) is -0.821. The molecule has 2 amide bonds. The number of hydrogen-bond donors (Lipinski definition) is 1. The first-order valence-electron chi connectivity index (χ1n) is 10.9. The molecule has 0 bridgehead atoms. The fourth-order valence-corrected chi connectivity index (χ4v) is 4.77. The van der Waals surface area contributed by atoms with Gasteiger partial charge in [-0.15, -0.1) is 0 Å². The molecule has 6 heteroatoms. The van der Waals surface area contributed by atoms with E-state index in [0.29, 0.717) is 26.3 Å². The number of aryl methyl sites for hydroxylation is 2. The van der Waals surface area contributed by atoms with Crippen molar-refractivity contribution in [2.45, 2.75) is 38.5 Å². The minimum absolute atomic E-state index is 0.0296. The van der Waals surface area contributed by atoms with E-state index in [1.165, 1.54) is 6.07 Å². The van der Waals surface area contributed by atoms with Crippen LogP contribution in [-0.2, 0) is 19.7 Å². The lowest BCUT2D eigenvalue weighted by Gasteiger charge is -2.38. The maximum atomic E-state index is 13.9. The molecule has 0 unspecified atom stereocenters. The summed E-state index contributed by atoms with van der Waals surface area (Å²) in [5.41, 5.74) is 3.57. The van der Waals surface area contributed by atoms with E-state index < -0.39 is 5.92 Å². The Morgan fingerprint density at radius 3 is 2.68 bits per heavy atom. The highest BCUT2D eigenvalue weighted by Gasteiger charge is 2.39. The molecule has 2 aromatic rings. The Labute approximate surface area is 182 Å². The molecule has 1 N–H and O–H groups in total. The largest absolute Gasteiger partial charge is 0.381 e. The highest BCUT2D eigenvalue weighted by Crippen LogP contribution is 2.35. The summed E-state index contributed by atoms with van der Waals surface area (Å²) in [6.07, 6.45) is 1.64. The summed E-state index contributed by atoms with van der Waals surface area (Å²) in [6.45, 7) is 5.95. The van der Waals surface area contributed by atoms with Gasteiger partial charge in [-0.05, 0) is 56.0 Å². The number of halogens is 1. The van der Waals surface area contributed by atoms with Crippen LogP contribution in [0.1, 0.15) is 36.0 Å². The van der Waals surface area contributed by atoms with Crippen LogP contribution < -0.4 is 10.2 Å². The lowest BCUT2D eigenvalue weighted by molar-refractivity contribution is -0.126. The number of anilines is 1. The number of amides is 2. The third-order valence-corrected chi connectivity index (χ3v) is 6.63. The van der Waals surface area contributed by atoms with E-state index in [1.54, 1.807) is 17.0 Å². The Balaban J connectivity index is 1.45.